The Morgan fingerprint density at radius 3 is 2.70 bits per heavy atom. The Morgan fingerprint density at radius 1 is 1.45 bits per heavy atom. The van der Waals surface area contributed by atoms with Crippen LogP contribution in [-0.2, 0) is 0 Å². The Bertz CT molecular complexity index is 529. The lowest BCUT2D eigenvalue weighted by Gasteiger charge is -2.22. The van der Waals surface area contributed by atoms with Crippen LogP contribution in [0.5, 0.6) is 0 Å². The molecule has 0 atom stereocenters. The Hall–Kier alpha value is -1.31. The molecule has 1 aromatic rings. The molecular weight excluding hydrogens is 371 g/mol. The van der Waals surface area contributed by atoms with E-state index in [1.54, 1.807) is 23.1 Å². The summed E-state index contributed by atoms with van der Waals surface area (Å²) in [6, 6.07) is 5.08. The molecule has 2 amide bonds. The first-order valence-electron chi connectivity index (χ1n) is 6.63. The maximum Gasteiger partial charge on any atom is 0.337 e. The van der Waals surface area contributed by atoms with Gasteiger partial charge >= 0.3 is 12.0 Å². The molecule has 1 fully saturated rings. The molecule has 1 aliphatic rings. The summed E-state index contributed by atoms with van der Waals surface area (Å²) < 4.78 is 0.825. The quantitative estimate of drug-likeness (QED) is 0.760. The minimum Gasteiger partial charge on any atom is -0.478 e. The summed E-state index contributed by atoms with van der Waals surface area (Å²) in [6.45, 7) is 2.72. The number of nitrogens with zero attached hydrogens (tertiary/aromatic N) is 1. The van der Waals surface area contributed by atoms with E-state index in [0.29, 0.717) is 18.3 Å². The lowest BCUT2D eigenvalue weighted by molar-refractivity contribution is 0.0698. The fourth-order valence-corrected chi connectivity index (χ4v) is 2.56. The normalized spacial score (nSPS) is 13.9. The van der Waals surface area contributed by atoms with Crippen molar-refractivity contribution >= 4 is 40.3 Å². The Labute approximate surface area is 131 Å². The Morgan fingerprint density at radius 2 is 2.15 bits per heavy atom. The number of aromatic carboxylic acids is 1. The zero-order valence-electron chi connectivity index (χ0n) is 11.2. The summed E-state index contributed by atoms with van der Waals surface area (Å²) in [4.78, 5) is 25.3. The highest BCUT2D eigenvalue weighted by Crippen LogP contribution is 2.28. The Balaban J connectivity index is 2.16. The molecule has 5 nitrogen and oxygen atoms in total. The van der Waals surface area contributed by atoms with Crippen LogP contribution in [0.25, 0.3) is 0 Å². The van der Waals surface area contributed by atoms with Gasteiger partial charge in [0.2, 0.25) is 0 Å². The number of carboxylic acids is 1. The molecule has 0 unspecified atom stereocenters. The number of urea groups is 1. The highest BCUT2D eigenvalue weighted by Gasteiger charge is 2.32. The van der Waals surface area contributed by atoms with Gasteiger partial charge in [0, 0.05) is 16.2 Å². The minimum atomic E-state index is -1.03. The second kappa shape index (κ2) is 6.43. The molecule has 1 aliphatic carbocycles. The first kappa shape index (κ1) is 15.1. The molecule has 0 aromatic heterocycles. The monoisotopic (exact) mass is 388 g/mol. The summed E-state index contributed by atoms with van der Waals surface area (Å²) in [7, 11) is 0. The van der Waals surface area contributed by atoms with Crippen molar-refractivity contribution in [2.45, 2.75) is 32.2 Å². The van der Waals surface area contributed by atoms with Crippen molar-refractivity contribution in [3.05, 3.63) is 27.3 Å². The van der Waals surface area contributed by atoms with Crippen molar-refractivity contribution in [1.82, 2.24) is 4.90 Å². The molecule has 2 rings (SSSR count). The molecule has 108 valence electrons. The van der Waals surface area contributed by atoms with Crippen LogP contribution in [-0.4, -0.2) is 34.6 Å². The van der Waals surface area contributed by atoms with Gasteiger partial charge in [0.15, 0.2) is 0 Å². The van der Waals surface area contributed by atoms with Gasteiger partial charge in [-0.2, -0.15) is 0 Å². The lowest BCUT2D eigenvalue weighted by Crippen LogP contribution is -2.37. The largest absolute Gasteiger partial charge is 0.478 e. The van der Waals surface area contributed by atoms with Crippen molar-refractivity contribution in [3.8, 4) is 0 Å². The number of hydrogen-bond acceptors (Lipinski definition) is 2. The van der Waals surface area contributed by atoms with E-state index in [2.05, 4.69) is 27.9 Å². The maximum absolute atomic E-state index is 12.3. The van der Waals surface area contributed by atoms with E-state index >= 15 is 0 Å². The Kier molecular flexibility index (Phi) is 4.85. The van der Waals surface area contributed by atoms with Crippen molar-refractivity contribution in [3.63, 3.8) is 0 Å². The van der Waals surface area contributed by atoms with Gasteiger partial charge in [-0.05, 0) is 60.1 Å². The van der Waals surface area contributed by atoms with Crippen LogP contribution < -0.4 is 5.32 Å². The van der Waals surface area contributed by atoms with E-state index in [4.69, 9.17) is 0 Å². The van der Waals surface area contributed by atoms with Crippen LogP contribution in [0.2, 0.25) is 0 Å². The van der Waals surface area contributed by atoms with Gasteiger partial charge in [0.1, 0.15) is 0 Å². The molecule has 0 radical (unpaired) electrons. The van der Waals surface area contributed by atoms with Gasteiger partial charge in [-0.25, -0.2) is 9.59 Å². The molecule has 2 N–H and O–H groups in total. The second-order valence-corrected chi connectivity index (χ2v) is 6.10. The standard InChI is InChI=1S/C14H17IN2O3/c1-2-7-17(10-4-5-10)14(20)16-12-6-3-9(15)8-11(12)13(18)19/h3,6,8,10H,2,4-5,7H2,1H3,(H,16,20)(H,18,19). The number of rotatable bonds is 5. The average molecular weight is 388 g/mol. The maximum atomic E-state index is 12.3. The number of amides is 2. The molecule has 0 saturated heterocycles. The third kappa shape index (κ3) is 3.62. The molecule has 0 spiro atoms. The number of halogens is 1. The lowest BCUT2D eigenvalue weighted by atomic mass is 10.2. The molecule has 0 aliphatic heterocycles. The van der Waals surface area contributed by atoms with Crippen LogP contribution >= 0.6 is 22.6 Å². The molecule has 20 heavy (non-hydrogen) atoms. The van der Waals surface area contributed by atoms with Gasteiger partial charge in [-0.15, -0.1) is 0 Å². The highest BCUT2D eigenvalue weighted by molar-refractivity contribution is 14.1. The van der Waals surface area contributed by atoms with Crippen molar-refractivity contribution in [2.24, 2.45) is 0 Å². The number of carbonyl (C=O) groups is 2. The van der Waals surface area contributed by atoms with Gasteiger partial charge < -0.3 is 15.3 Å². The van der Waals surface area contributed by atoms with E-state index in [9.17, 15) is 14.7 Å². The van der Waals surface area contributed by atoms with E-state index in [-0.39, 0.29) is 11.6 Å². The predicted molar refractivity (Wildman–Crippen MR) is 85.2 cm³/mol. The fraction of sp³-hybridized carbons (Fsp3) is 0.429. The van der Waals surface area contributed by atoms with E-state index in [0.717, 1.165) is 22.8 Å². The number of anilines is 1. The van der Waals surface area contributed by atoms with Crippen LogP contribution in [0.4, 0.5) is 10.5 Å². The number of benzene rings is 1. The van der Waals surface area contributed by atoms with Gasteiger partial charge in [-0.1, -0.05) is 6.92 Å². The summed E-state index contributed by atoms with van der Waals surface area (Å²) in [5.74, 6) is -1.03. The van der Waals surface area contributed by atoms with E-state index in [1.807, 2.05) is 6.92 Å². The molecule has 0 heterocycles. The first-order valence-corrected chi connectivity index (χ1v) is 7.71. The number of hydrogen-bond donors (Lipinski definition) is 2. The smallest absolute Gasteiger partial charge is 0.337 e. The molecule has 0 bridgehead atoms. The van der Waals surface area contributed by atoms with Crippen molar-refractivity contribution in [2.75, 3.05) is 11.9 Å². The predicted octanol–water partition coefficient (Wildman–Crippen LogP) is 3.40. The average Bonchev–Trinajstić information content (AvgIpc) is 3.22. The van der Waals surface area contributed by atoms with Crippen LogP contribution in [0, 0.1) is 3.57 Å². The molecule has 1 saturated carbocycles. The highest BCUT2D eigenvalue weighted by atomic mass is 127. The topological polar surface area (TPSA) is 69.6 Å². The third-order valence-electron chi connectivity index (χ3n) is 3.17. The van der Waals surface area contributed by atoms with Gasteiger partial charge in [0.05, 0.1) is 11.3 Å². The minimum absolute atomic E-state index is 0.123. The molecule has 1 aromatic carbocycles. The summed E-state index contributed by atoms with van der Waals surface area (Å²) in [5.41, 5.74) is 0.474. The van der Waals surface area contributed by atoms with E-state index < -0.39 is 5.97 Å². The van der Waals surface area contributed by atoms with Crippen molar-refractivity contribution in [1.29, 1.82) is 0 Å². The first-order chi connectivity index (χ1) is 9.52. The van der Waals surface area contributed by atoms with Crippen LogP contribution in [0.3, 0.4) is 0 Å². The van der Waals surface area contributed by atoms with Gasteiger partial charge in [-0.3, -0.25) is 0 Å². The summed E-state index contributed by atoms with van der Waals surface area (Å²) in [5, 5.41) is 11.9. The number of carbonyl (C=O) groups excluding carboxylic acids is 1. The zero-order valence-corrected chi connectivity index (χ0v) is 13.4. The van der Waals surface area contributed by atoms with Crippen LogP contribution in [0.15, 0.2) is 18.2 Å². The molecule has 6 heteroatoms. The summed E-state index contributed by atoms with van der Waals surface area (Å²) >= 11 is 2.05. The third-order valence-corrected chi connectivity index (χ3v) is 3.84. The fourth-order valence-electron chi connectivity index (χ4n) is 2.07. The van der Waals surface area contributed by atoms with E-state index in [1.165, 1.54) is 0 Å². The SMILES string of the molecule is CCCN(C(=O)Nc1ccc(I)cc1C(=O)O)C1CC1. The van der Waals surface area contributed by atoms with Crippen molar-refractivity contribution < 1.29 is 14.7 Å². The second-order valence-electron chi connectivity index (χ2n) is 4.85. The zero-order chi connectivity index (χ0) is 14.7. The number of carboxylic acid groups (broad SMARTS) is 1. The van der Waals surface area contributed by atoms with Gasteiger partial charge in [0.25, 0.3) is 0 Å². The summed E-state index contributed by atoms with van der Waals surface area (Å²) in [6.07, 6.45) is 2.96. The molecular formula is C14H17IN2O3. The number of nitrogens with one attached hydrogen (secondary N) is 1. The van der Waals surface area contributed by atoms with Crippen LogP contribution in [0.1, 0.15) is 36.5 Å².